The number of rotatable bonds is 3. The minimum atomic E-state index is -0.192. The summed E-state index contributed by atoms with van der Waals surface area (Å²) in [5.74, 6) is -0.192. The van der Waals surface area contributed by atoms with Crippen LogP contribution in [0.3, 0.4) is 0 Å². The van der Waals surface area contributed by atoms with Gasteiger partial charge in [0.15, 0.2) is 4.73 Å². The van der Waals surface area contributed by atoms with E-state index in [0.29, 0.717) is 0 Å². The van der Waals surface area contributed by atoms with E-state index in [1.54, 1.807) is 18.3 Å². The summed E-state index contributed by atoms with van der Waals surface area (Å²) in [4.78, 5) is 4.06. The zero-order chi connectivity index (χ0) is 10.7. The Kier molecular flexibility index (Phi) is 3.16. The standard InChI is InChI=1S/C11H10BrFN2/c12-11-14-6-8-15(11)7-5-9-1-3-10(13)4-2-9/h1-4,6,8H,5,7H2. The minimum Gasteiger partial charge on any atom is -0.325 e. The Bertz CT molecular complexity index is 436. The van der Waals surface area contributed by atoms with E-state index in [9.17, 15) is 4.39 Å². The highest BCUT2D eigenvalue weighted by Crippen LogP contribution is 2.09. The van der Waals surface area contributed by atoms with Gasteiger partial charge in [0.1, 0.15) is 5.82 Å². The summed E-state index contributed by atoms with van der Waals surface area (Å²) in [6.07, 6.45) is 4.53. The third-order valence-electron chi connectivity index (χ3n) is 2.22. The van der Waals surface area contributed by atoms with Gasteiger partial charge in [-0.2, -0.15) is 0 Å². The van der Waals surface area contributed by atoms with Gasteiger partial charge in [0.2, 0.25) is 0 Å². The van der Waals surface area contributed by atoms with Gasteiger partial charge in [0.25, 0.3) is 0 Å². The summed E-state index contributed by atoms with van der Waals surface area (Å²) < 4.78 is 15.5. The monoisotopic (exact) mass is 268 g/mol. The lowest BCUT2D eigenvalue weighted by Crippen LogP contribution is -2.00. The highest BCUT2D eigenvalue weighted by Gasteiger charge is 1.99. The zero-order valence-electron chi connectivity index (χ0n) is 8.03. The van der Waals surface area contributed by atoms with E-state index in [1.807, 2.05) is 10.8 Å². The Labute approximate surface area is 95.9 Å². The molecule has 0 atom stereocenters. The summed E-state index contributed by atoms with van der Waals surface area (Å²) >= 11 is 3.34. The number of nitrogens with zero attached hydrogens (tertiary/aromatic N) is 2. The topological polar surface area (TPSA) is 17.8 Å². The van der Waals surface area contributed by atoms with Gasteiger partial charge < -0.3 is 4.57 Å². The first kappa shape index (κ1) is 10.4. The van der Waals surface area contributed by atoms with Crippen molar-refractivity contribution in [3.05, 3.63) is 52.8 Å². The number of halogens is 2. The van der Waals surface area contributed by atoms with Crippen molar-refractivity contribution in [1.29, 1.82) is 0 Å². The average Bonchev–Trinajstić information content (AvgIpc) is 2.63. The molecule has 1 heterocycles. The van der Waals surface area contributed by atoms with Crippen LogP contribution in [0, 0.1) is 5.82 Å². The molecule has 0 aliphatic carbocycles. The van der Waals surface area contributed by atoms with Crippen molar-refractivity contribution >= 4 is 15.9 Å². The SMILES string of the molecule is Fc1ccc(CCn2ccnc2Br)cc1. The fourth-order valence-corrected chi connectivity index (χ4v) is 1.79. The van der Waals surface area contributed by atoms with Crippen LogP contribution in [0.15, 0.2) is 41.4 Å². The summed E-state index contributed by atoms with van der Waals surface area (Å²) in [6, 6.07) is 6.58. The molecule has 1 aromatic heterocycles. The largest absolute Gasteiger partial charge is 0.325 e. The third-order valence-corrected chi connectivity index (χ3v) is 2.88. The summed E-state index contributed by atoms with van der Waals surface area (Å²) in [5, 5.41) is 0. The van der Waals surface area contributed by atoms with Crippen molar-refractivity contribution in [2.45, 2.75) is 13.0 Å². The van der Waals surface area contributed by atoms with Gasteiger partial charge in [-0.3, -0.25) is 0 Å². The molecule has 2 aromatic rings. The average molecular weight is 269 g/mol. The van der Waals surface area contributed by atoms with Crippen molar-refractivity contribution in [1.82, 2.24) is 9.55 Å². The van der Waals surface area contributed by atoms with Crippen molar-refractivity contribution in [3.63, 3.8) is 0 Å². The molecule has 78 valence electrons. The van der Waals surface area contributed by atoms with Crippen LogP contribution in [0.1, 0.15) is 5.56 Å². The zero-order valence-corrected chi connectivity index (χ0v) is 9.61. The number of imidazole rings is 1. The van der Waals surface area contributed by atoms with Gasteiger partial charge in [0.05, 0.1) is 0 Å². The smallest absolute Gasteiger partial charge is 0.177 e. The van der Waals surface area contributed by atoms with E-state index in [1.165, 1.54) is 12.1 Å². The quantitative estimate of drug-likeness (QED) is 0.837. The molecule has 4 heteroatoms. The first-order valence-corrected chi connectivity index (χ1v) is 5.46. The fraction of sp³-hybridized carbons (Fsp3) is 0.182. The lowest BCUT2D eigenvalue weighted by Gasteiger charge is -2.03. The highest BCUT2D eigenvalue weighted by molar-refractivity contribution is 9.10. The van der Waals surface area contributed by atoms with Crippen LogP contribution in [0.5, 0.6) is 0 Å². The van der Waals surface area contributed by atoms with Gasteiger partial charge in [-0.05, 0) is 40.0 Å². The Morgan fingerprint density at radius 2 is 2.00 bits per heavy atom. The molecule has 0 aliphatic heterocycles. The molecule has 0 unspecified atom stereocenters. The van der Waals surface area contributed by atoms with E-state index >= 15 is 0 Å². The van der Waals surface area contributed by atoms with E-state index in [-0.39, 0.29) is 5.82 Å². The van der Waals surface area contributed by atoms with E-state index in [4.69, 9.17) is 0 Å². The molecule has 0 fully saturated rings. The number of hydrogen-bond acceptors (Lipinski definition) is 1. The predicted octanol–water partition coefficient (Wildman–Crippen LogP) is 3.03. The van der Waals surface area contributed by atoms with E-state index < -0.39 is 0 Å². The van der Waals surface area contributed by atoms with Crippen molar-refractivity contribution in [2.75, 3.05) is 0 Å². The van der Waals surface area contributed by atoms with Crippen molar-refractivity contribution in [2.24, 2.45) is 0 Å². The Hall–Kier alpha value is -1.16. The normalized spacial score (nSPS) is 10.5. The minimum absolute atomic E-state index is 0.192. The lowest BCUT2D eigenvalue weighted by molar-refractivity contribution is 0.625. The number of hydrogen-bond donors (Lipinski definition) is 0. The van der Waals surface area contributed by atoms with Gasteiger partial charge in [-0.25, -0.2) is 9.37 Å². The molecule has 2 nitrogen and oxygen atoms in total. The van der Waals surface area contributed by atoms with Crippen LogP contribution in [0.2, 0.25) is 0 Å². The van der Waals surface area contributed by atoms with E-state index in [0.717, 1.165) is 23.3 Å². The number of aromatic nitrogens is 2. The summed E-state index contributed by atoms with van der Waals surface area (Å²) in [5.41, 5.74) is 1.12. The molecule has 0 N–H and O–H groups in total. The number of benzene rings is 1. The summed E-state index contributed by atoms with van der Waals surface area (Å²) in [7, 11) is 0. The maximum Gasteiger partial charge on any atom is 0.177 e. The predicted molar refractivity (Wildman–Crippen MR) is 60.0 cm³/mol. The van der Waals surface area contributed by atoms with Crippen LogP contribution >= 0.6 is 15.9 Å². The van der Waals surface area contributed by atoms with Crippen LogP contribution in [0.25, 0.3) is 0 Å². The lowest BCUT2D eigenvalue weighted by atomic mass is 10.1. The molecule has 0 aliphatic rings. The molecule has 0 saturated heterocycles. The molecular formula is C11H10BrFN2. The van der Waals surface area contributed by atoms with Crippen LogP contribution in [-0.2, 0) is 13.0 Å². The molecule has 0 bridgehead atoms. The van der Waals surface area contributed by atoms with E-state index in [2.05, 4.69) is 20.9 Å². The Morgan fingerprint density at radius 1 is 1.27 bits per heavy atom. The third kappa shape index (κ3) is 2.65. The van der Waals surface area contributed by atoms with Crippen LogP contribution in [0.4, 0.5) is 4.39 Å². The van der Waals surface area contributed by atoms with Gasteiger partial charge in [-0.15, -0.1) is 0 Å². The van der Waals surface area contributed by atoms with Crippen molar-refractivity contribution < 1.29 is 4.39 Å². The first-order valence-electron chi connectivity index (χ1n) is 4.67. The molecule has 0 amide bonds. The molecular weight excluding hydrogens is 259 g/mol. The van der Waals surface area contributed by atoms with Crippen LogP contribution < -0.4 is 0 Å². The molecule has 15 heavy (non-hydrogen) atoms. The summed E-state index contributed by atoms with van der Waals surface area (Å²) in [6.45, 7) is 0.839. The molecule has 1 aromatic carbocycles. The fourth-order valence-electron chi connectivity index (χ4n) is 1.38. The second kappa shape index (κ2) is 4.57. The van der Waals surface area contributed by atoms with Gasteiger partial charge in [-0.1, -0.05) is 12.1 Å². The Balaban J connectivity index is 1.99. The number of aryl methyl sites for hydroxylation is 2. The second-order valence-electron chi connectivity index (χ2n) is 3.27. The maximum absolute atomic E-state index is 12.6. The van der Waals surface area contributed by atoms with Gasteiger partial charge >= 0.3 is 0 Å². The van der Waals surface area contributed by atoms with Gasteiger partial charge in [0, 0.05) is 18.9 Å². The first-order chi connectivity index (χ1) is 7.25. The highest BCUT2D eigenvalue weighted by atomic mass is 79.9. The maximum atomic E-state index is 12.6. The molecule has 2 rings (SSSR count). The molecule has 0 spiro atoms. The van der Waals surface area contributed by atoms with Crippen molar-refractivity contribution in [3.8, 4) is 0 Å². The molecule has 0 radical (unpaired) electrons. The van der Waals surface area contributed by atoms with Crippen LogP contribution in [-0.4, -0.2) is 9.55 Å². The second-order valence-corrected chi connectivity index (χ2v) is 3.98. The molecule has 0 saturated carbocycles. The Morgan fingerprint density at radius 3 is 2.60 bits per heavy atom.